The van der Waals surface area contributed by atoms with Crippen molar-refractivity contribution in [1.82, 2.24) is 9.55 Å². The Morgan fingerprint density at radius 3 is 2.17 bits per heavy atom. The highest BCUT2D eigenvalue weighted by Gasteiger charge is 2.45. The van der Waals surface area contributed by atoms with Crippen LogP contribution in [0.25, 0.3) is 0 Å². The lowest BCUT2D eigenvalue weighted by Gasteiger charge is -2.16. The third-order valence-corrected chi connectivity index (χ3v) is 6.58. The zero-order valence-corrected chi connectivity index (χ0v) is 21.0. The minimum atomic E-state index is -1.21. The van der Waals surface area contributed by atoms with Crippen LogP contribution >= 0.6 is 0 Å². The normalized spacial score (nSPS) is 21.7. The molecule has 0 saturated carbocycles. The topological polar surface area (TPSA) is 137 Å². The Morgan fingerprint density at radius 2 is 1.66 bits per heavy atom. The smallest absolute Gasteiger partial charge is 0.351 e. The van der Waals surface area contributed by atoms with Gasteiger partial charge in [0, 0.05) is 12.6 Å². The van der Waals surface area contributed by atoms with Gasteiger partial charge in [0.05, 0.1) is 12.7 Å². The van der Waals surface area contributed by atoms with E-state index in [-0.39, 0.29) is 11.7 Å². The van der Waals surface area contributed by atoms with Gasteiger partial charge in [-0.25, -0.2) is 4.79 Å². The molecule has 0 radical (unpaired) electrons. The predicted octanol–water partition coefficient (Wildman–Crippen LogP) is 4.05. The first-order valence-corrected chi connectivity index (χ1v) is 13.2. The average Bonchev–Trinajstić information content (AvgIpc) is 3.17. The molecular formula is C26H42N4O5. The molecule has 2 heterocycles. The number of carbonyl (C=O) groups excluding carboxylic acids is 1. The highest BCUT2D eigenvalue weighted by molar-refractivity contribution is 5.89. The molecular weight excluding hydrogens is 448 g/mol. The summed E-state index contributed by atoms with van der Waals surface area (Å²) in [6.07, 6.45) is 14.7. The fourth-order valence-corrected chi connectivity index (χ4v) is 4.46. The van der Waals surface area contributed by atoms with Crippen LogP contribution in [-0.2, 0) is 9.53 Å². The SMILES string of the molecule is CCCCCCCCCCCCCCCC(=O)Nc1ccn([C@@H]2O[C@H](CO)C(O)C2C#N)c(=O)n1. The average molecular weight is 491 g/mol. The molecule has 1 aliphatic heterocycles. The number of ether oxygens (including phenoxy) is 1. The van der Waals surface area contributed by atoms with E-state index >= 15 is 0 Å². The van der Waals surface area contributed by atoms with Crippen molar-refractivity contribution in [1.29, 1.82) is 5.26 Å². The first-order chi connectivity index (χ1) is 17.0. The lowest BCUT2D eigenvalue weighted by Crippen LogP contribution is -2.32. The van der Waals surface area contributed by atoms with Crippen molar-refractivity contribution < 1.29 is 19.7 Å². The van der Waals surface area contributed by atoms with Crippen LogP contribution in [0.15, 0.2) is 17.1 Å². The summed E-state index contributed by atoms with van der Waals surface area (Å²) >= 11 is 0. The van der Waals surface area contributed by atoms with E-state index in [4.69, 9.17) is 4.74 Å². The summed E-state index contributed by atoms with van der Waals surface area (Å²) in [5, 5.41) is 31.3. The van der Waals surface area contributed by atoms with Crippen LogP contribution in [0, 0.1) is 17.2 Å². The molecule has 4 atom stereocenters. The number of carbonyl (C=O) groups is 1. The maximum absolute atomic E-state index is 12.4. The molecule has 1 aromatic rings. The van der Waals surface area contributed by atoms with Crippen molar-refractivity contribution in [2.75, 3.05) is 11.9 Å². The molecule has 0 aliphatic carbocycles. The fraction of sp³-hybridized carbons (Fsp3) is 0.769. The molecule has 9 heteroatoms. The van der Waals surface area contributed by atoms with Crippen LogP contribution in [0.4, 0.5) is 5.82 Å². The van der Waals surface area contributed by atoms with Gasteiger partial charge < -0.3 is 20.3 Å². The van der Waals surface area contributed by atoms with Crippen LogP contribution in [0.3, 0.4) is 0 Å². The monoisotopic (exact) mass is 490 g/mol. The van der Waals surface area contributed by atoms with Gasteiger partial charge >= 0.3 is 5.69 Å². The second-order valence-electron chi connectivity index (χ2n) is 9.44. The van der Waals surface area contributed by atoms with Gasteiger partial charge in [0.15, 0.2) is 6.23 Å². The zero-order valence-electron chi connectivity index (χ0n) is 21.0. The van der Waals surface area contributed by atoms with Crippen LogP contribution in [0.5, 0.6) is 0 Å². The van der Waals surface area contributed by atoms with Gasteiger partial charge in [-0.15, -0.1) is 0 Å². The van der Waals surface area contributed by atoms with E-state index < -0.39 is 36.7 Å². The summed E-state index contributed by atoms with van der Waals surface area (Å²) in [5.41, 5.74) is -0.709. The Labute approximate surface area is 208 Å². The predicted molar refractivity (Wildman–Crippen MR) is 134 cm³/mol. The summed E-state index contributed by atoms with van der Waals surface area (Å²) in [6.45, 7) is 1.78. The maximum Gasteiger partial charge on any atom is 0.351 e. The number of aliphatic hydroxyl groups is 2. The molecule has 2 rings (SSSR count). The molecule has 0 spiro atoms. The third kappa shape index (κ3) is 9.71. The minimum Gasteiger partial charge on any atom is -0.394 e. The van der Waals surface area contributed by atoms with Crippen molar-refractivity contribution >= 4 is 11.7 Å². The Kier molecular flexibility index (Phi) is 13.6. The number of hydrogen-bond donors (Lipinski definition) is 3. The van der Waals surface area contributed by atoms with Gasteiger partial charge in [-0.1, -0.05) is 84.0 Å². The number of hydrogen-bond acceptors (Lipinski definition) is 7. The highest BCUT2D eigenvalue weighted by Crippen LogP contribution is 2.33. The van der Waals surface area contributed by atoms with Crippen LogP contribution in [0.2, 0.25) is 0 Å². The van der Waals surface area contributed by atoms with E-state index in [1.165, 1.54) is 76.5 Å². The molecule has 35 heavy (non-hydrogen) atoms. The van der Waals surface area contributed by atoms with Gasteiger partial charge in [-0.2, -0.15) is 10.2 Å². The fourth-order valence-electron chi connectivity index (χ4n) is 4.46. The number of nitrogens with one attached hydrogen (secondary N) is 1. The maximum atomic E-state index is 12.4. The molecule has 2 unspecified atom stereocenters. The Bertz CT molecular complexity index is 853. The second kappa shape index (κ2) is 16.4. The van der Waals surface area contributed by atoms with Gasteiger partial charge in [0.1, 0.15) is 23.9 Å². The summed E-state index contributed by atoms with van der Waals surface area (Å²) in [7, 11) is 0. The number of nitriles is 1. The molecule has 9 nitrogen and oxygen atoms in total. The number of unbranched alkanes of at least 4 members (excludes halogenated alkanes) is 12. The minimum absolute atomic E-state index is 0.136. The van der Waals surface area contributed by atoms with E-state index in [1.54, 1.807) is 0 Å². The first-order valence-electron chi connectivity index (χ1n) is 13.2. The van der Waals surface area contributed by atoms with E-state index in [2.05, 4.69) is 17.2 Å². The van der Waals surface area contributed by atoms with E-state index in [0.717, 1.165) is 23.8 Å². The Morgan fingerprint density at radius 1 is 1.09 bits per heavy atom. The lowest BCUT2D eigenvalue weighted by molar-refractivity contribution is -0.116. The first kappa shape index (κ1) is 29.0. The largest absolute Gasteiger partial charge is 0.394 e. The number of anilines is 1. The van der Waals surface area contributed by atoms with Crippen molar-refractivity contribution in [3.8, 4) is 6.07 Å². The number of nitrogens with zero attached hydrogens (tertiary/aromatic N) is 3. The van der Waals surface area contributed by atoms with Gasteiger partial charge in [0.25, 0.3) is 0 Å². The number of aliphatic hydroxyl groups excluding tert-OH is 2. The standard InChI is InChI=1S/C26H42N4O5/c1-2-3-4-5-6-7-8-9-10-11-12-13-14-15-23(32)28-22-16-17-30(26(34)29-22)25-20(18-27)24(33)21(19-31)35-25/h16-17,20-21,24-25,31,33H,2-15,19H2,1H3,(H,28,29,32,34)/t20?,21-,24?,25-/m1/s1. The molecule has 0 bridgehead atoms. The zero-order chi connectivity index (χ0) is 25.5. The van der Waals surface area contributed by atoms with Crippen LogP contribution in [-0.4, -0.2) is 44.5 Å². The van der Waals surface area contributed by atoms with Gasteiger partial charge in [-0.3, -0.25) is 9.36 Å². The van der Waals surface area contributed by atoms with Gasteiger partial charge in [-0.05, 0) is 12.5 Å². The molecule has 0 aromatic carbocycles. The highest BCUT2D eigenvalue weighted by atomic mass is 16.5. The summed E-state index contributed by atoms with van der Waals surface area (Å²) < 4.78 is 6.55. The van der Waals surface area contributed by atoms with Gasteiger partial charge in [0.2, 0.25) is 5.91 Å². The Hall–Kier alpha value is -2.28. The molecule has 1 saturated heterocycles. The molecule has 1 fully saturated rings. The van der Waals surface area contributed by atoms with E-state index in [1.807, 2.05) is 6.07 Å². The van der Waals surface area contributed by atoms with Crippen molar-refractivity contribution in [2.24, 2.45) is 5.92 Å². The van der Waals surface area contributed by atoms with Crippen molar-refractivity contribution in [3.63, 3.8) is 0 Å². The van der Waals surface area contributed by atoms with Crippen molar-refractivity contribution in [3.05, 3.63) is 22.7 Å². The van der Waals surface area contributed by atoms with Crippen molar-refractivity contribution in [2.45, 2.75) is 115 Å². The molecule has 1 aliphatic rings. The second-order valence-corrected chi connectivity index (χ2v) is 9.44. The Balaban J connectivity index is 1.62. The molecule has 1 aromatic heterocycles. The quantitative estimate of drug-likeness (QED) is 0.280. The van der Waals surface area contributed by atoms with E-state index in [9.17, 15) is 25.1 Å². The summed E-state index contributed by atoms with van der Waals surface area (Å²) in [5.74, 6) is -1.07. The van der Waals surface area contributed by atoms with E-state index in [0.29, 0.717) is 6.42 Å². The molecule has 196 valence electrons. The summed E-state index contributed by atoms with van der Waals surface area (Å²) in [6, 6.07) is 3.37. The molecule has 1 amide bonds. The number of aromatic nitrogens is 2. The van der Waals surface area contributed by atoms with Crippen LogP contribution < -0.4 is 11.0 Å². The third-order valence-electron chi connectivity index (χ3n) is 6.58. The summed E-state index contributed by atoms with van der Waals surface area (Å²) in [4.78, 5) is 28.5. The van der Waals surface area contributed by atoms with Crippen LogP contribution in [0.1, 0.15) is 103 Å². The number of amides is 1. The molecule has 3 N–H and O–H groups in total. The lowest BCUT2D eigenvalue weighted by atomic mass is 10.0. The number of rotatable bonds is 17.